The Hall–Kier alpha value is -0.460. The van der Waals surface area contributed by atoms with Gasteiger partial charge in [-0.2, -0.15) is 13.2 Å². The number of nitrogens with two attached hydrogens (primary N) is 1. The van der Waals surface area contributed by atoms with Gasteiger partial charge in [-0.1, -0.05) is 18.2 Å². The second-order valence-corrected chi connectivity index (χ2v) is 4.28. The van der Waals surface area contributed by atoms with E-state index in [1.807, 2.05) is 0 Å². The van der Waals surface area contributed by atoms with Crippen LogP contribution in [-0.2, 0) is 0 Å². The van der Waals surface area contributed by atoms with Gasteiger partial charge in [0, 0.05) is 10.9 Å². The third-order valence-corrected chi connectivity index (χ3v) is 2.79. The van der Waals surface area contributed by atoms with Gasteiger partial charge in [0.25, 0.3) is 0 Å². The van der Waals surface area contributed by atoms with Gasteiger partial charge in [0.1, 0.15) is 0 Å². The van der Waals surface area contributed by atoms with Gasteiger partial charge in [0.15, 0.2) is 0 Å². The molecule has 0 heterocycles. The molecule has 2 N–H and O–H groups in total. The summed E-state index contributed by atoms with van der Waals surface area (Å²) in [4.78, 5) is 0.0379. The van der Waals surface area contributed by atoms with E-state index >= 15 is 0 Å². The Labute approximate surface area is 107 Å². The van der Waals surface area contributed by atoms with Gasteiger partial charge < -0.3 is 5.73 Å². The van der Waals surface area contributed by atoms with Crippen molar-refractivity contribution in [3.05, 3.63) is 29.8 Å². The number of halogens is 5. The lowest BCUT2D eigenvalue weighted by Crippen LogP contribution is -2.13. The zero-order chi connectivity index (χ0) is 12.2. The Kier molecular flexibility index (Phi) is 6.89. The minimum absolute atomic E-state index is 0. The summed E-state index contributed by atoms with van der Waals surface area (Å²) in [5.74, 6) is 0. The zero-order valence-corrected chi connectivity index (χ0v) is 10.3. The molecule has 0 fully saturated rings. The maximum atomic E-state index is 12.2. The van der Waals surface area contributed by atoms with Crippen LogP contribution in [0.25, 0.3) is 0 Å². The van der Waals surface area contributed by atoms with Gasteiger partial charge in [0.05, 0.1) is 6.67 Å². The third-order valence-electron chi connectivity index (χ3n) is 1.96. The van der Waals surface area contributed by atoms with Crippen LogP contribution in [0.2, 0.25) is 0 Å². The molecule has 1 atom stereocenters. The van der Waals surface area contributed by atoms with Crippen molar-refractivity contribution in [3.8, 4) is 0 Å². The van der Waals surface area contributed by atoms with Crippen molar-refractivity contribution in [3.63, 3.8) is 0 Å². The molecule has 1 aromatic carbocycles. The molecular formula is C10H12ClF4NS. The maximum Gasteiger partial charge on any atom is 0.446 e. The summed E-state index contributed by atoms with van der Waals surface area (Å²) in [5.41, 5.74) is 1.58. The minimum atomic E-state index is -4.36. The van der Waals surface area contributed by atoms with Crippen LogP contribution in [0.5, 0.6) is 0 Å². The first-order chi connectivity index (χ1) is 7.44. The van der Waals surface area contributed by atoms with Crippen LogP contribution in [0.15, 0.2) is 29.2 Å². The van der Waals surface area contributed by atoms with E-state index in [9.17, 15) is 17.6 Å². The summed E-state index contributed by atoms with van der Waals surface area (Å²) >= 11 is -0.221. The Bertz CT molecular complexity index is 345. The molecule has 98 valence electrons. The van der Waals surface area contributed by atoms with Crippen LogP contribution >= 0.6 is 24.2 Å². The van der Waals surface area contributed by atoms with E-state index in [-0.39, 0.29) is 35.5 Å². The Morgan fingerprint density at radius 1 is 1.24 bits per heavy atom. The molecule has 0 aliphatic carbocycles. The maximum absolute atomic E-state index is 12.2. The molecule has 0 bridgehead atoms. The van der Waals surface area contributed by atoms with Crippen LogP contribution < -0.4 is 5.73 Å². The van der Waals surface area contributed by atoms with E-state index in [2.05, 4.69) is 0 Å². The second kappa shape index (κ2) is 7.08. The van der Waals surface area contributed by atoms with Crippen molar-refractivity contribution < 1.29 is 17.6 Å². The molecule has 7 heteroatoms. The topological polar surface area (TPSA) is 26.0 Å². The normalized spacial score (nSPS) is 13.0. The summed E-state index contributed by atoms with van der Waals surface area (Å²) in [6.45, 7) is -0.647. The molecule has 0 amide bonds. The van der Waals surface area contributed by atoms with E-state index in [0.717, 1.165) is 0 Å². The fraction of sp³-hybridized carbons (Fsp3) is 0.400. The molecule has 1 aromatic rings. The molecule has 0 aromatic heterocycles. The highest BCUT2D eigenvalue weighted by atomic mass is 35.5. The quantitative estimate of drug-likeness (QED) is 0.668. The van der Waals surface area contributed by atoms with E-state index in [0.29, 0.717) is 5.56 Å². The van der Waals surface area contributed by atoms with Crippen LogP contribution in [0.1, 0.15) is 18.0 Å². The van der Waals surface area contributed by atoms with E-state index in [4.69, 9.17) is 5.73 Å². The van der Waals surface area contributed by atoms with Gasteiger partial charge in [0.2, 0.25) is 0 Å². The number of alkyl halides is 4. The Morgan fingerprint density at radius 2 is 1.82 bits per heavy atom. The van der Waals surface area contributed by atoms with Crippen molar-refractivity contribution in [1.82, 2.24) is 0 Å². The Balaban J connectivity index is 0.00000256. The van der Waals surface area contributed by atoms with Crippen molar-refractivity contribution in [1.29, 1.82) is 0 Å². The number of rotatable bonds is 4. The molecular weight excluding hydrogens is 278 g/mol. The molecule has 17 heavy (non-hydrogen) atoms. The molecule has 1 rings (SSSR count). The molecule has 1 nitrogen and oxygen atoms in total. The summed E-state index contributed by atoms with van der Waals surface area (Å²) in [6, 6.07) is 5.23. The highest BCUT2D eigenvalue weighted by Gasteiger charge is 2.30. The molecule has 0 aliphatic heterocycles. The van der Waals surface area contributed by atoms with E-state index < -0.39 is 18.2 Å². The molecule has 0 saturated carbocycles. The van der Waals surface area contributed by atoms with Gasteiger partial charge >= 0.3 is 5.51 Å². The summed E-state index contributed by atoms with van der Waals surface area (Å²) in [6.07, 6.45) is 0.0232. The highest BCUT2D eigenvalue weighted by Crippen LogP contribution is 2.40. The number of benzene rings is 1. The lowest BCUT2D eigenvalue weighted by molar-refractivity contribution is -0.0328. The summed E-state index contributed by atoms with van der Waals surface area (Å²) < 4.78 is 48.7. The molecule has 0 spiro atoms. The largest absolute Gasteiger partial charge is 0.446 e. The highest BCUT2D eigenvalue weighted by molar-refractivity contribution is 8.00. The summed E-state index contributed by atoms with van der Waals surface area (Å²) in [5, 5.41) is 0. The van der Waals surface area contributed by atoms with Crippen LogP contribution in [-0.4, -0.2) is 12.2 Å². The van der Waals surface area contributed by atoms with Crippen LogP contribution in [0.4, 0.5) is 17.6 Å². The zero-order valence-electron chi connectivity index (χ0n) is 8.71. The van der Waals surface area contributed by atoms with Gasteiger partial charge in [-0.15, -0.1) is 12.4 Å². The minimum Gasteiger partial charge on any atom is -0.324 e. The van der Waals surface area contributed by atoms with Crippen molar-refractivity contribution in [2.24, 2.45) is 5.73 Å². The van der Waals surface area contributed by atoms with Crippen molar-refractivity contribution >= 4 is 24.2 Å². The van der Waals surface area contributed by atoms with Gasteiger partial charge in [-0.05, 0) is 29.8 Å². The van der Waals surface area contributed by atoms with E-state index in [1.165, 1.54) is 18.2 Å². The average Bonchev–Trinajstić information content (AvgIpc) is 2.16. The lowest BCUT2D eigenvalue weighted by atomic mass is 10.1. The second-order valence-electron chi connectivity index (χ2n) is 3.17. The van der Waals surface area contributed by atoms with Gasteiger partial charge in [-0.3, -0.25) is 4.39 Å². The van der Waals surface area contributed by atoms with Crippen LogP contribution in [0, 0.1) is 0 Å². The first-order valence-electron chi connectivity index (χ1n) is 4.60. The van der Waals surface area contributed by atoms with Crippen LogP contribution in [0.3, 0.4) is 0 Å². The fourth-order valence-electron chi connectivity index (χ4n) is 1.28. The predicted molar refractivity (Wildman–Crippen MR) is 63.1 cm³/mol. The predicted octanol–water partition coefficient (Wildman–Crippen LogP) is 4.08. The lowest BCUT2D eigenvalue weighted by Gasteiger charge is -2.15. The van der Waals surface area contributed by atoms with Crippen molar-refractivity contribution in [2.75, 3.05) is 6.67 Å². The van der Waals surface area contributed by atoms with E-state index in [1.54, 1.807) is 6.07 Å². The molecule has 0 aliphatic rings. The summed E-state index contributed by atoms with van der Waals surface area (Å²) in [7, 11) is 0. The smallest absolute Gasteiger partial charge is 0.324 e. The standard InChI is InChI=1S/C10H11F4NS.ClH/c11-6-5-8(15)7-3-1-2-4-9(7)16-10(12,13)14;/h1-4,8H,5-6,15H2;1H/t8-;/m1./s1. The number of thioether (sulfide) groups is 1. The fourth-order valence-corrected chi connectivity index (χ4v) is 2.01. The first kappa shape index (κ1) is 16.5. The number of hydrogen-bond acceptors (Lipinski definition) is 2. The first-order valence-corrected chi connectivity index (χ1v) is 5.42. The number of hydrogen-bond donors (Lipinski definition) is 1. The molecule has 0 radical (unpaired) electrons. The van der Waals surface area contributed by atoms with Gasteiger partial charge in [-0.25, -0.2) is 0 Å². The molecule has 0 unspecified atom stereocenters. The SMILES string of the molecule is Cl.N[C@H](CCF)c1ccccc1SC(F)(F)F. The monoisotopic (exact) mass is 289 g/mol. The average molecular weight is 290 g/mol. The molecule has 0 saturated heterocycles. The third kappa shape index (κ3) is 5.61. The van der Waals surface area contributed by atoms with Crippen molar-refractivity contribution in [2.45, 2.75) is 22.9 Å². The Morgan fingerprint density at radius 3 is 2.35 bits per heavy atom.